The highest BCUT2D eigenvalue weighted by Crippen LogP contribution is 2.43. The molecular formula is C25H19ClN4O4. The molecule has 1 aliphatic rings. The van der Waals surface area contributed by atoms with Crippen LogP contribution in [0.3, 0.4) is 0 Å². The molecule has 1 aliphatic heterocycles. The molecule has 3 aromatic rings. The van der Waals surface area contributed by atoms with Crippen LogP contribution < -0.4 is 10.6 Å². The smallest absolute Gasteiger partial charge is 0.355 e. The quantitative estimate of drug-likeness (QED) is 0.448. The van der Waals surface area contributed by atoms with Gasteiger partial charge in [-0.1, -0.05) is 41.9 Å². The lowest BCUT2D eigenvalue weighted by atomic mass is 9.81. The molecule has 2 N–H and O–H groups in total. The van der Waals surface area contributed by atoms with Gasteiger partial charge in [-0.25, -0.2) is 14.6 Å². The zero-order valence-electron chi connectivity index (χ0n) is 18.3. The van der Waals surface area contributed by atoms with Gasteiger partial charge in [0.15, 0.2) is 0 Å². The Labute approximate surface area is 200 Å². The number of nitriles is 1. The number of esters is 2. The Hall–Kier alpha value is -4.35. The molecule has 4 rings (SSSR count). The number of rotatable bonds is 4. The van der Waals surface area contributed by atoms with E-state index in [2.05, 4.69) is 11.1 Å². The number of pyridine rings is 1. The van der Waals surface area contributed by atoms with Gasteiger partial charge in [0.1, 0.15) is 16.7 Å². The summed E-state index contributed by atoms with van der Waals surface area (Å²) in [6.07, 6.45) is 1.55. The van der Waals surface area contributed by atoms with Crippen molar-refractivity contribution in [3.8, 4) is 6.07 Å². The summed E-state index contributed by atoms with van der Waals surface area (Å²) in [5.74, 6) is -2.53. The number of hydrogen-bond donors (Lipinski definition) is 1. The summed E-state index contributed by atoms with van der Waals surface area (Å²) in [5, 5.41) is 11.8. The maximum Gasteiger partial charge on any atom is 0.355 e. The van der Waals surface area contributed by atoms with Gasteiger partial charge in [0, 0.05) is 17.3 Å². The maximum absolute atomic E-state index is 13.1. The van der Waals surface area contributed by atoms with Crippen molar-refractivity contribution < 1.29 is 19.1 Å². The molecule has 0 bridgehead atoms. The Balaban J connectivity index is 2.06. The number of halogens is 1. The lowest BCUT2D eigenvalue weighted by Crippen LogP contribution is -2.40. The van der Waals surface area contributed by atoms with E-state index in [1.54, 1.807) is 60.8 Å². The Kier molecular flexibility index (Phi) is 6.21. The van der Waals surface area contributed by atoms with E-state index < -0.39 is 17.9 Å². The number of nitrogens with zero attached hydrogens (tertiary/aromatic N) is 3. The standard InChI is InChI=1S/C25H19ClN4O4/c1-33-24(31)20-19(14-6-4-3-5-7-14)18(13-27)23(28)30(21(20)25(32)34-2)16-8-9-17-15(12-16)10-11-29-22(17)26/h3-12,19H,28H2,1-2H3. The summed E-state index contributed by atoms with van der Waals surface area (Å²) in [7, 11) is 2.40. The van der Waals surface area contributed by atoms with Gasteiger partial charge in [-0.2, -0.15) is 5.26 Å². The van der Waals surface area contributed by atoms with Crippen molar-refractivity contribution in [2.75, 3.05) is 19.1 Å². The van der Waals surface area contributed by atoms with Gasteiger partial charge in [-0.15, -0.1) is 0 Å². The number of carbonyl (C=O) groups excluding carboxylic acids is 2. The van der Waals surface area contributed by atoms with Crippen LogP contribution in [0, 0.1) is 11.3 Å². The Bertz CT molecular complexity index is 1410. The Morgan fingerprint density at radius 2 is 1.79 bits per heavy atom. The summed E-state index contributed by atoms with van der Waals surface area (Å²) in [6, 6.07) is 17.8. The van der Waals surface area contributed by atoms with Gasteiger partial charge in [0.25, 0.3) is 0 Å². The minimum Gasteiger partial charge on any atom is -0.466 e. The molecule has 170 valence electrons. The van der Waals surface area contributed by atoms with Crippen LogP contribution in [-0.2, 0) is 19.1 Å². The third kappa shape index (κ3) is 3.72. The largest absolute Gasteiger partial charge is 0.466 e. The Morgan fingerprint density at radius 3 is 2.44 bits per heavy atom. The summed E-state index contributed by atoms with van der Waals surface area (Å²) >= 11 is 6.20. The average molecular weight is 475 g/mol. The predicted molar refractivity (Wildman–Crippen MR) is 126 cm³/mol. The van der Waals surface area contributed by atoms with Crippen LogP contribution in [0.25, 0.3) is 10.8 Å². The fourth-order valence-electron chi connectivity index (χ4n) is 4.05. The molecule has 2 heterocycles. The second kappa shape index (κ2) is 9.25. The molecule has 1 aromatic heterocycles. The molecule has 1 unspecified atom stereocenters. The molecule has 1 atom stereocenters. The first kappa shape index (κ1) is 22.8. The third-order valence-corrected chi connectivity index (χ3v) is 5.87. The monoisotopic (exact) mass is 474 g/mol. The number of ether oxygens (including phenoxy) is 2. The molecule has 0 amide bonds. The van der Waals surface area contributed by atoms with E-state index >= 15 is 0 Å². The highest BCUT2D eigenvalue weighted by molar-refractivity contribution is 6.34. The van der Waals surface area contributed by atoms with E-state index in [0.29, 0.717) is 21.8 Å². The van der Waals surface area contributed by atoms with E-state index in [1.165, 1.54) is 19.1 Å². The molecule has 0 saturated heterocycles. The zero-order chi connectivity index (χ0) is 24.4. The first-order valence-electron chi connectivity index (χ1n) is 10.1. The molecule has 0 radical (unpaired) electrons. The number of benzene rings is 2. The van der Waals surface area contributed by atoms with Crippen LogP contribution in [0.1, 0.15) is 11.5 Å². The highest BCUT2D eigenvalue weighted by Gasteiger charge is 2.43. The zero-order valence-corrected chi connectivity index (χ0v) is 19.0. The fraction of sp³-hybridized carbons (Fsp3) is 0.120. The van der Waals surface area contributed by atoms with Crippen LogP contribution in [0.15, 0.2) is 83.5 Å². The van der Waals surface area contributed by atoms with Crippen LogP contribution in [0.5, 0.6) is 0 Å². The summed E-state index contributed by atoms with van der Waals surface area (Å²) in [5.41, 5.74) is 7.42. The van der Waals surface area contributed by atoms with Gasteiger partial charge in [0.05, 0.1) is 37.4 Å². The molecule has 2 aromatic carbocycles. The van der Waals surface area contributed by atoms with E-state index in [0.717, 1.165) is 5.39 Å². The van der Waals surface area contributed by atoms with Crippen molar-refractivity contribution in [2.24, 2.45) is 5.73 Å². The first-order chi connectivity index (χ1) is 16.4. The SMILES string of the molecule is COC(=O)C1=C(C(=O)OC)N(c2ccc3c(Cl)nccc3c2)C(N)=C(C#N)C1c1ccccc1. The van der Waals surface area contributed by atoms with Crippen molar-refractivity contribution in [1.29, 1.82) is 5.26 Å². The Morgan fingerprint density at radius 1 is 1.09 bits per heavy atom. The molecule has 0 saturated carbocycles. The van der Waals surface area contributed by atoms with E-state index in [1.807, 2.05) is 0 Å². The van der Waals surface area contributed by atoms with Gasteiger partial charge in [-0.3, -0.25) is 4.90 Å². The van der Waals surface area contributed by atoms with Crippen molar-refractivity contribution in [1.82, 2.24) is 4.98 Å². The number of fused-ring (bicyclic) bond motifs is 1. The maximum atomic E-state index is 13.1. The van der Waals surface area contributed by atoms with Crippen molar-refractivity contribution in [3.63, 3.8) is 0 Å². The fourth-order valence-corrected chi connectivity index (χ4v) is 4.28. The van der Waals surface area contributed by atoms with Crippen molar-refractivity contribution in [3.05, 3.63) is 94.2 Å². The van der Waals surface area contributed by atoms with Gasteiger partial charge in [0.2, 0.25) is 0 Å². The third-order valence-electron chi connectivity index (χ3n) is 5.57. The second-order valence-electron chi connectivity index (χ2n) is 7.34. The minimum absolute atomic E-state index is 0.0103. The number of allylic oxidation sites excluding steroid dienone is 1. The summed E-state index contributed by atoms with van der Waals surface area (Å²) < 4.78 is 10.1. The van der Waals surface area contributed by atoms with Gasteiger partial charge in [-0.05, 0) is 35.2 Å². The summed E-state index contributed by atoms with van der Waals surface area (Å²) in [4.78, 5) is 31.6. The number of methoxy groups -OCH3 is 2. The second-order valence-corrected chi connectivity index (χ2v) is 7.70. The normalized spacial score (nSPS) is 15.8. The molecule has 0 fully saturated rings. The van der Waals surface area contributed by atoms with Crippen LogP contribution in [0.2, 0.25) is 5.15 Å². The topological polar surface area (TPSA) is 119 Å². The lowest BCUT2D eigenvalue weighted by Gasteiger charge is -2.36. The number of hydrogen-bond acceptors (Lipinski definition) is 8. The average Bonchev–Trinajstić information content (AvgIpc) is 2.87. The minimum atomic E-state index is -0.928. The van der Waals surface area contributed by atoms with Crippen molar-refractivity contribution in [2.45, 2.75) is 5.92 Å². The highest BCUT2D eigenvalue weighted by atomic mass is 35.5. The van der Waals surface area contributed by atoms with Crippen LogP contribution >= 0.6 is 11.6 Å². The van der Waals surface area contributed by atoms with E-state index in [-0.39, 0.29) is 22.7 Å². The lowest BCUT2D eigenvalue weighted by molar-refractivity contribution is -0.139. The molecule has 8 nitrogen and oxygen atoms in total. The number of nitrogens with two attached hydrogens (primary N) is 1. The van der Waals surface area contributed by atoms with Crippen LogP contribution in [-0.4, -0.2) is 31.1 Å². The number of anilines is 1. The first-order valence-corrected chi connectivity index (χ1v) is 10.5. The summed E-state index contributed by atoms with van der Waals surface area (Å²) in [6.45, 7) is 0. The van der Waals surface area contributed by atoms with Crippen molar-refractivity contribution >= 4 is 40.0 Å². The molecule has 0 aliphatic carbocycles. The molecule has 9 heteroatoms. The van der Waals surface area contributed by atoms with Gasteiger partial charge >= 0.3 is 11.9 Å². The molecular weight excluding hydrogens is 456 g/mol. The van der Waals surface area contributed by atoms with E-state index in [4.69, 9.17) is 26.8 Å². The number of carbonyl (C=O) groups is 2. The van der Waals surface area contributed by atoms with E-state index in [9.17, 15) is 14.9 Å². The number of aromatic nitrogens is 1. The molecule has 34 heavy (non-hydrogen) atoms. The van der Waals surface area contributed by atoms with Gasteiger partial charge < -0.3 is 15.2 Å². The molecule has 0 spiro atoms. The predicted octanol–water partition coefficient (Wildman–Crippen LogP) is 3.79. The van der Waals surface area contributed by atoms with Crippen LogP contribution in [0.4, 0.5) is 5.69 Å².